The molecule has 8 aromatic carbocycles. The Morgan fingerprint density at radius 2 is 0.820 bits per heavy atom. The number of aromatic nitrogens is 2. The predicted octanol–water partition coefficient (Wildman–Crippen LogP) is 13.4. The SMILES string of the molecule is CC.c1ccc(-n2c3ccccc3c3cc(-c4ccc(-c5cccc6ccccc56)cc4-n4c5ccccc5c5ccccc54)ccc32)cc1. The van der Waals surface area contributed by atoms with Gasteiger partial charge < -0.3 is 9.13 Å². The topological polar surface area (TPSA) is 9.86 Å². The number of rotatable bonds is 4. The van der Waals surface area contributed by atoms with Crippen molar-refractivity contribution in [3.8, 4) is 33.6 Å². The minimum absolute atomic E-state index is 1.17. The van der Waals surface area contributed by atoms with Crippen LogP contribution in [0.15, 0.2) is 182 Å². The van der Waals surface area contributed by atoms with E-state index < -0.39 is 0 Å². The van der Waals surface area contributed by atoms with E-state index in [-0.39, 0.29) is 0 Å². The van der Waals surface area contributed by atoms with Gasteiger partial charge in [-0.1, -0.05) is 147 Å². The molecule has 0 radical (unpaired) electrons. The standard InChI is InChI=1S/C46H30N2.C2H6/c1-2-15-34(16-3-1)47-42-22-9-8-20-40(42)41-29-32(26-28-45(41)47)37-27-25-33(36-21-12-14-31-13-4-5-17-35(31)36)30-46(37)48-43-23-10-6-18-38(43)39-19-7-11-24-44(39)48;1-2/h1-30H;1-2H3. The largest absolute Gasteiger partial charge is 0.309 e. The van der Waals surface area contributed by atoms with Gasteiger partial charge in [0, 0.05) is 32.8 Å². The van der Waals surface area contributed by atoms with Gasteiger partial charge in [-0.3, -0.25) is 0 Å². The van der Waals surface area contributed by atoms with Crippen molar-refractivity contribution in [1.82, 2.24) is 9.13 Å². The fraction of sp³-hybridized carbons (Fsp3) is 0.0417. The molecular weight excluding hydrogens is 605 g/mol. The molecule has 0 aliphatic rings. The van der Waals surface area contributed by atoms with Gasteiger partial charge >= 0.3 is 0 Å². The van der Waals surface area contributed by atoms with Crippen LogP contribution in [0.5, 0.6) is 0 Å². The molecule has 0 aliphatic heterocycles. The van der Waals surface area contributed by atoms with Crippen LogP contribution in [0.25, 0.3) is 88.0 Å². The molecular formula is C48H36N2. The molecule has 50 heavy (non-hydrogen) atoms. The predicted molar refractivity (Wildman–Crippen MR) is 215 cm³/mol. The Bertz CT molecular complexity index is 2780. The van der Waals surface area contributed by atoms with E-state index in [0.29, 0.717) is 0 Å². The number of fused-ring (bicyclic) bond motifs is 7. The average molecular weight is 641 g/mol. The van der Waals surface area contributed by atoms with Crippen molar-refractivity contribution in [2.45, 2.75) is 13.8 Å². The summed E-state index contributed by atoms with van der Waals surface area (Å²) in [4.78, 5) is 0. The van der Waals surface area contributed by atoms with Gasteiger partial charge in [-0.05, 0) is 76.0 Å². The van der Waals surface area contributed by atoms with Crippen LogP contribution in [0.1, 0.15) is 13.8 Å². The lowest BCUT2D eigenvalue weighted by Crippen LogP contribution is -1.98. The number of para-hydroxylation sites is 4. The maximum atomic E-state index is 2.46. The summed E-state index contributed by atoms with van der Waals surface area (Å²) in [6, 6.07) is 66.3. The van der Waals surface area contributed by atoms with E-state index in [2.05, 4.69) is 191 Å². The summed E-state index contributed by atoms with van der Waals surface area (Å²) < 4.78 is 4.85. The third-order valence-corrected chi connectivity index (χ3v) is 9.92. The lowest BCUT2D eigenvalue weighted by atomic mass is 9.94. The molecule has 0 amide bonds. The number of benzene rings is 8. The third-order valence-electron chi connectivity index (χ3n) is 9.92. The van der Waals surface area contributed by atoms with E-state index >= 15 is 0 Å². The van der Waals surface area contributed by atoms with Gasteiger partial charge in [0.25, 0.3) is 0 Å². The summed E-state index contributed by atoms with van der Waals surface area (Å²) in [5.41, 5.74) is 12.0. The van der Waals surface area contributed by atoms with Gasteiger partial charge in [0.1, 0.15) is 0 Å². The van der Waals surface area contributed by atoms with E-state index in [1.54, 1.807) is 0 Å². The highest BCUT2D eigenvalue weighted by atomic mass is 15.0. The molecule has 0 aliphatic carbocycles. The second-order valence-electron chi connectivity index (χ2n) is 12.5. The highest BCUT2D eigenvalue weighted by Crippen LogP contribution is 2.41. The van der Waals surface area contributed by atoms with Crippen molar-refractivity contribution >= 4 is 54.4 Å². The van der Waals surface area contributed by atoms with Crippen LogP contribution in [-0.2, 0) is 0 Å². The van der Waals surface area contributed by atoms with Crippen LogP contribution in [0, 0.1) is 0 Å². The Labute approximate surface area is 292 Å². The van der Waals surface area contributed by atoms with Crippen molar-refractivity contribution in [2.24, 2.45) is 0 Å². The van der Waals surface area contributed by atoms with Crippen LogP contribution in [-0.4, -0.2) is 9.13 Å². The second kappa shape index (κ2) is 12.3. The molecule has 0 bridgehead atoms. The smallest absolute Gasteiger partial charge is 0.0546 e. The van der Waals surface area contributed by atoms with E-state index in [4.69, 9.17) is 0 Å². The molecule has 0 fully saturated rings. The molecule has 2 heteroatoms. The first-order valence-corrected chi connectivity index (χ1v) is 17.5. The molecule has 0 spiro atoms. The van der Waals surface area contributed by atoms with Gasteiger partial charge in [-0.15, -0.1) is 0 Å². The van der Waals surface area contributed by atoms with Crippen LogP contribution in [0.3, 0.4) is 0 Å². The second-order valence-corrected chi connectivity index (χ2v) is 12.5. The number of nitrogens with zero attached hydrogens (tertiary/aromatic N) is 2. The van der Waals surface area contributed by atoms with Crippen molar-refractivity contribution < 1.29 is 0 Å². The van der Waals surface area contributed by atoms with Crippen molar-refractivity contribution in [3.05, 3.63) is 182 Å². The summed E-state index contributed by atoms with van der Waals surface area (Å²) in [5.74, 6) is 0. The van der Waals surface area contributed by atoms with Crippen molar-refractivity contribution in [3.63, 3.8) is 0 Å². The monoisotopic (exact) mass is 640 g/mol. The molecule has 2 heterocycles. The lowest BCUT2D eigenvalue weighted by molar-refractivity contribution is 1.18. The molecule has 0 atom stereocenters. The summed E-state index contributed by atoms with van der Waals surface area (Å²) in [5, 5.41) is 7.53. The quantitative estimate of drug-likeness (QED) is 0.181. The summed E-state index contributed by atoms with van der Waals surface area (Å²) >= 11 is 0. The zero-order chi connectivity index (χ0) is 33.6. The highest BCUT2D eigenvalue weighted by Gasteiger charge is 2.19. The fourth-order valence-electron chi connectivity index (χ4n) is 7.78. The summed E-state index contributed by atoms with van der Waals surface area (Å²) in [6.07, 6.45) is 0. The average Bonchev–Trinajstić information content (AvgIpc) is 3.71. The van der Waals surface area contributed by atoms with E-state index in [1.807, 2.05) is 13.8 Å². The normalized spacial score (nSPS) is 11.4. The first-order valence-electron chi connectivity index (χ1n) is 17.5. The van der Waals surface area contributed by atoms with E-state index in [0.717, 1.165) is 0 Å². The van der Waals surface area contributed by atoms with Crippen LogP contribution in [0.4, 0.5) is 0 Å². The first kappa shape index (κ1) is 29.7. The fourth-order valence-corrected chi connectivity index (χ4v) is 7.78. The first-order chi connectivity index (χ1) is 24.8. The van der Waals surface area contributed by atoms with Gasteiger partial charge in [0.15, 0.2) is 0 Å². The minimum Gasteiger partial charge on any atom is -0.309 e. The van der Waals surface area contributed by atoms with E-state index in [9.17, 15) is 0 Å². The van der Waals surface area contributed by atoms with Gasteiger partial charge in [-0.25, -0.2) is 0 Å². The third kappa shape index (κ3) is 4.64. The van der Waals surface area contributed by atoms with Crippen LogP contribution < -0.4 is 0 Å². The zero-order valence-electron chi connectivity index (χ0n) is 28.2. The maximum absolute atomic E-state index is 2.46. The Morgan fingerprint density at radius 3 is 1.52 bits per heavy atom. The molecule has 10 rings (SSSR count). The lowest BCUT2D eigenvalue weighted by Gasteiger charge is -2.17. The molecule has 0 saturated carbocycles. The molecule has 238 valence electrons. The van der Waals surface area contributed by atoms with Crippen LogP contribution in [0.2, 0.25) is 0 Å². The Hall–Kier alpha value is -6.38. The van der Waals surface area contributed by atoms with Crippen molar-refractivity contribution in [2.75, 3.05) is 0 Å². The van der Waals surface area contributed by atoms with Crippen LogP contribution >= 0.6 is 0 Å². The Morgan fingerprint density at radius 1 is 0.320 bits per heavy atom. The molecule has 0 N–H and O–H groups in total. The molecule has 2 aromatic heterocycles. The molecule has 0 unspecified atom stereocenters. The molecule has 2 nitrogen and oxygen atoms in total. The number of hydrogen-bond acceptors (Lipinski definition) is 0. The minimum atomic E-state index is 1.17. The molecule has 0 saturated heterocycles. The van der Waals surface area contributed by atoms with Gasteiger partial charge in [0.05, 0.1) is 27.8 Å². The zero-order valence-corrected chi connectivity index (χ0v) is 28.2. The summed E-state index contributed by atoms with van der Waals surface area (Å²) in [7, 11) is 0. The maximum Gasteiger partial charge on any atom is 0.0546 e. The summed E-state index contributed by atoms with van der Waals surface area (Å²) in [6.45, 7) is 4.00. The van der Waals surface area contributed by atoms with Crippen molar-refractivity contribution in [1.29, 1.82) is 0 Å². The number of hydrogen-bond donors (Lipinski definition) is 0. The van der Waals surface area contributed by atoms with E-state index in [1.165, 1.54) is 88.0 Å². The Balaban J connectivity index is 0.00000165. The highest BCUT2D eigenvalue weighted by molar-refractivity contribution is 6.12. The van der Waals surface area contributed by atoms with Gasteiger partial charge in [0.2, 0.25) is 0 Å². The molecule has 10 aromatic rings. The Kier molecular flexibility index (Phi) is 7.29. The van der Waals surface area contributed by atoms with Gasteiger partial charge in [-0.2, -0.15) is 0 Å².